The lowest BCUT2D eigenvalue weighted by Gasteiger charge is -2.45. The minimum atomic E-state index is -2.15. The molecule has 0 amide bonds. The summed E-state index contributed by atoms with van der Waals surface area (Å²) in [4.78, 5) is 11.8. The van der Waals surface area contributed by atoms with E-state index in [1.54, 1.807) is 0 Å². The van der Waals surface area contributed by atoms with Crippen molar-refractivity contribution in [1.29, 1.82) is 5.41 Å². The molecule has 1 aliphatic heterocycles. The van der Waals surface area contributed by atoms with Gasteiger partial charge in [-0.25, -0.2) is 0 Å². The largest absolute Gasteiger partial charge is 0.463 e. The minimum absolute atomic E-state index is 0.168. The molecular formula is C31H32Cl3NO7. The summed E-state index contributed by atoms with van der Waals surface area (Å²) in [5.41, 5.74) is 2.72. The number of nitrogens with one attached hydrogen (secondary N) is 1. The minimum Gasteiger partial charge on any atom is -0.463 e. The first-order valence-corrected chi connectivity index (χ1v) is 14.4. The van der Waals surface area contributed by atoms with Gasteiger partial charge in [-0.2, -0.15) is 0 Å². The molecule has 11 heteroatoms. The summed E-state index contributed by atoms with van der Waals surface area (Å²) in [5.74, 6) is -1.17. The molecule has 1 N–H and O–H groups in total. The number of ether oxygens (including phenoxy) is 6. The molecule has 3 aromatic rings. The highest BCUT2D eigenvalue weighted by molar-refractivity contribution is 6.76. The molecule has 1 fully saturated rings. The number of hydrogen-bond acceptors (Lipinski definition) is 8. The maximum atomic E-state index is 11.8. The molecule has 42 heavy (non-hydrogen) atoms. The summed E-state index contributed by atoms with van der Waals surface area (Å²) in [6, 6.07) is 28.7. The predicted molar refractivity (Wildman–Crippen MR) is 159 cm³/mol. The molecule has 3 aromatic carbocycles. The second-order valence-electron chi connectivity index (χ2n) is 9.57. The number of halogens is 3. The zero-order valence-electron chi connectivity index (χ0n) is 22.9. The van der Waals surface area contributed by atoms with Crippen LogP contribution < -0.4 is 0 Å². The van der Waals surface area contributed by atoms with E-state index < -0.39 is 46.4 Å². The van der Waals surface area contributed by atoms with Gasteiger partial charge in [-0.3, -0.25) is 10.2 Å². The number of carbonyl (C=O) groups is 1. The lowest BCUT2D eigenvalue weighted by molar-refractivity contribution is -0.312. The Hall–Kier alpha value is -2.69. The van der Waals surface area contributed by atoms with Crippen molar-refractivity contribution in [3.05, 3.63) is 108 Å². The van der Waals surface area contributed by atoms with Gasteiger partial charge in [0.25, 0.3) is 3.79 Å². The van der Waals surface area contributed by atoms with E-state index in [2.05, 4.69) is 0 Å². The van der Waals surface area contributed by atoms with E-state index in [1.165, 1.54) is 6.92 Å². The van der Waals surface area contributed by atoms with Crippen LogP contribution in [0.2, 0.25) is 0 Å². The Morgan fingerprint density at radius 3 is 1.60 bits per heavy atom. The number of esters is 1. The molecular weight excluding hydrogens is 605 g/mol. The molecule has 4 rings (SSSR count). The van der Waals surface area contributed by atoms with Crippen LogP contribution >= 0.6 is 34.8 Å². The first-order valence-electron chi connectivity index (χ1n) is 13.3. The Kier molecular flexibility index (Phi) is 12.0. The molecule has 1 unspecified atom stereocenters. The van der Waals surface area contributed by atoms with Gasteiger partial charge >= 0.3 is 5.97 Å². The Balaban J connectivity index is 1.68. The van der Waals surface area contributed by atoms with E-state index in [4.69, 9.17) is 68.6 Å². The quantitative estimate of drug-likeness (QED) is 0.106. The van der Waals surface area contributed by atoms with Crippen LogP contribution in [0.3, 0.4) is 0 Å². The summed E-state index contributed by atoms with van der Waals surface area (Å²) in [5, 5.41) is 8.23. The average molecular weight is 637 g/mol. The summed E-state index contributed by atoms with van der Waals surface area (Å²) in [7, 11) is 0. The molecule has 1 heterocycles. The average Bonchev–Trinajstić information content (AvgIpc) is 2.98. The van der Waals surface area contributed by atoms with Gasteiger partial charge in [0, 0.05) is 6.92 Å². The lowest BCUT2D eigenvalue weighted by atomic mass is 9.97. The molecule has 224 valence electrons. The van der Waals surface area contributed by atoms with Crippen LogP contribution in [-0.2, 0) is 53.0 Å². The Morgan fingerprint density at radius 2 is 1.17 bits per heavy atom. The van der Waals surface area contributed by atoms with Crippen molar-refractivity contribution in [2.75, 3.05) is 6.61 Å². The van der Waals surface area contributed by atoms with Crippen LogP contribution in [0.4, 0.5) is 0 Å². The van der Waals surface area contributed by atoms with Crippen molar-refractivity contribution in [1.82, 2.24) is 0 Å². The van der Waals surface area contributed by atoms with Gasteiger partial charge in [0.2, 0.25) is 12.2 Å². The number of carbonyl (C=O) groups excluding carboxylic acids is 1. The molecule has 0 saturated carbocycles. The van der Waals surface area contributed by atoms with E-state index in [9.17, 15) is 4.79 Å². The van der Waals surface area contributed by atoms with E-state index in [0.717, 1.165) is 16.7 Å². The van der Waals surface area contributed by atoms with Crippen LogP contribution in [0.5, 0.6) is 0 Å². The Labute approximate surface area is 260 Å². The van der Waals surface area contributed by atoms with Gasteiger partial charge < -0.3 is 28.4 Å². The molecule has 0 aromatic heterocycles. The molecule has 0 aliphatic carbocycles. The normalized spacial score (nSPS) is 22.3. The second kappa shape index (κ2) is 15.7. The van der Waals surface area contributed by atoms with Crippen molar-refractivity contribution < 1.29 is 33.2 Å². The van der Waals surface area contributed by atoms with Crippen molar-refractivity contribution in [3.63, 3.8) is 0 Å². The SMILES string of the molecule is CC(=O)OC[C@H]1OC(OC(=N)C(Cl)(Cl)Cl)[C@H](OCc2ccccc2)[C@@H](OCc2ccccc2)[C@@H]1OCc1ccccc1. The zero-order chi connectivity index (χ0) is 30.0. The van der Waals surface area contributed by atoms with Gasteiger partial charge in [0.05, 0.1) is 19.8 Å². The van der Waals surface area contributed by atoms with Gasteiger partial charge in [-0.15, -0.1) is 0 Å². The monoisotopic (exact) mass is 635 g/mol. The smallest absolute Gasteiger partial charge is 0.302 e. The highest BCUT2D eigenvalue weighted by Crippen LogP contribution is 2.34. The number of hydrogen-bond donors (Lipinski definition) is 1. The highest BCUT2D eigenvalue weighted by Gasteiger charge is 2.51. The van der Waals surface area contributed by atoms with E-state index in [0.29, 0.717) is 0 Å². The van der Waals surface area contributed by atoms with Gasteiger partial charge in [-0.05, 0) is 16.7 Å². The second-order valence-corrected chi connectivity index (χ2v) is 11.9. The first kappa shape index (κ1) is 32.2. The van der Waals surface area contributed by atoms with E-state index in [1.807, 2.05) is 91.0 Å². The van der Waals surface area contributed by atoms with Crippen molar-refractivity contribution >= 4 is 46.7 Å². The molecule has 0 spiro atoms. The lowest BCUT2D eigenvalue weighted by Crippen LogP contribution is -2.62. The van der Waals surface area contributed by atoms with Gasteiger partial charge in [0.15, 0.2) is 0 Å². The van der Waals surface area contributed by atoms with Crippen LogP contribution in [0, 0.1) is 5.41 Å². The fourth-order valence-corrected chi connectivity index (χ4v) is 4.49. The standard InChI is InChI=1S/C31H32Cl3NO7/c1-21(36)37-20-25-26(38-17-22-11-5-2-6-12-22)27(39-18-23-13-7-3-8-14-23)28(40-19-24-15-9-4-10-16-24)29(41-25)42-30(35)31(32,33)34/h2-16,25-29,35H,17-20H2,1H3/t25-,26-,27+,28-,29?/m1/s1. The van der Waals surface area contributed by atoms with Crippen molar-refractivity contribution in [2.24, 2.45) is 0 Å². The van der Waals surface area contributed by atoms with Crippen LogP contribution in [0.25, 0.3) is 0 Å². The molecule has 0 bridgehead atoms. The summed E-state index contributed by atoms with van der Waals surface area (Å²) >= 11 is 17.8. The Morgan fingerprint density at radius 1 is 0.738 bits per heavy atom. The number of alkyl halides is 3. The maximum Gasteiger partial charge on any atom is 0.302 e. The van der Waals surface area contributed by atoms with Gasteiger partial charge in [-0.1, -0.05) is 126 Å². The summed E-state index contributed by atoms with van der Waals surface area (Å²) in [6.45, 7) is 1.71. The third kappa shape index (κ3) is 9.67. The highest BCUT2D eigenvalue weighted by atomic mass is 35.6. The molecule has 1 saturated heterocycles. The predicted octanol–water partition coefficient (Wildman–Crippen LogP) is 6.39. The third-order valence-electron chi connectivity index (χ3n) is 6.39. The third-order valence-corrected chi connectivity index (χ3v) is 6.90. The van der Waals surface area contributed by atoms with Crippen LogP contribution in [0.1, 0.15) is 23.6 Å². The molecule has 5 atom stereocenters. The molecule has 0 radical (unpaired) electrons. The fourth-order valence-electron chi connectivity index (χ4n) is 4.36. The summed E-state index contributed by atoms with van der Waals surface area (Å²) < 4.78 is 34.4. The van der Waals surface area contributed by atoms with E-state index in [-0.39, 0.29) is 26.4 Å². The van der Waals surface area contributed by atoms with E-state index >= 15 is 0 Å². The van der Waals surface area contributed by atoms with Crippen LogP contribution in [-0.4, -0.2) is 53.0 Å². The van der Waals surface area contributed by atoms with Crippen LogP contribution in [0.15, 0.2) is 91.0 Å². The zero-order valence-corrected chi connectivity index (χ0v) is 25.1. The van der Waals surface area contributed by atoms with Crippen molar-refractivity contribution in [2.45, 2.75) is 61.2 Å². The molecule has 1 aliphatic rings. The first-order chi connectivity index (χ1) is 20.2. The number of benzene rings is 3. The molecule has 8 nitrogen and oxygen atoms in total. The Bertz CT molecular complexity index is 1260. The topological polar surface area (TPSA) is 96.3 Å². The number of rotatable bonds is 12. The maximum absolute atomic E-state index is 11.8. The fraction of sp³-hybridized carbons (Fsp3) is 0.355. The van der Waals surface area contributed by atoms with Crippen molar-refractivity contribution in [3.8, 4) is 0 Å². The summed E-state index contributed by atoms with van der Waals surface area (Å²) in [6.07, 6.45) is -4.69. The van der Waals surface area contributed by atoms with Gasteiger partial charge in [0.1, 0.15) is 31.0 Å².